The van der Waals surface area contributed by atoms with Gasteiger partial charge in [-0.05, 0) is 43.0 Å². The van der Waals surface area contributed by atoms with Crippen LogP contribution in [0, 0.1) is 12.8 Å². The molecule has 1 aromatic heterocycles. The first kappa shape index (κ1) is 23.0. The Labute approximate surface area is 187 Å². The summed E-state index contributed by atoms with van der Waals surface area (Å²) in [6, 6.07) is 14.0. The third-order valence-electron chi connectivity index (χ3n) is 5.24. The molecular formula is C24H29N5O3. The molecule has 1 unspecified atom stereocenters. The summed E-state index contributed by atoms with van der Waals surface area (Å²) < 4.78 is 1.85. The van der Waals surface area contributed by atoms with Crippen LogP contribution in [0.5, 0.6) is 0 Å². The lowest BCUT2D eigenvalue weighted by atomic mass is 10.0. The lowest BCUT2D eigenvalue weighted by Gasteiger charge is -2.21. The number of para-hydroxylation sites is 2. The average molecular weight is 436 g/mol. The van der Waals surface area contributed by atoms with Crippen molar-refractivity contribution in [2.45, 2.75) is 39.7 Å². The Morgan fingerprint density at radius 3 is 2.38 bits per heavy atom. The number of imidazole rings is 1. The van der Waals surface area contributed by atoms with Gasteiger partial charge in [0, 0.05) is 12.6 Å². The highest BCUT2D eigenvalue weighted by molar-refractivity contribution is 5.98. The second-order valence-electron chi connectivity index (χ2n) is 8.26. The van der Waals surface area contributed by atoms with E-state index in [1.54, 1.807) is 12.1 Å². The quantitative estimate of drug-likeness (QED) is 0.496. The lowest BCUT2D eigenvalue weighted by molar-refractivity contribution is -0.129. The molecule has 3 amide bonds. The normalized spacial score (nSPS) is 11.9. The van der Waals surface area contributed by atoms with E-state index in [0.717, 1.165) is 16.6 Å². The molecule has 1 heterocycles. The summed E-state index contributed by atoms with van der Waals surface area (Å²) in [6.45, 7) is 5.77. The molecule has 0 aliphatic carbocycles. The summed E-state index contributed by atoms with van der Waals surface area (Å²) in [5.41, 5.74) is 7.95. The Morgan fingerprint density at radius 2 is 1.69 bits per heavy atom. The Balaban J connectivity index is 1.61. The molecule has 0 saturated carbocycles. The number of hydrazine groups is 1. The molecular weight excluding hydrogens is 406 g/mol. The maximum Gasteiger partial charge on any atom is 0.260 e. The molecule has 0 bridgehead atoms. The van der Waals surface area contributed by atoms with Crippen LogP contribution in [0.3, 0.4) is 0 Å². The Kier molecular flexibility index (Phi) is 7.25. The fourth-order valence-corrected chi connectivity index (χ4v) is 3.53. The molecule has 0 aliphatic rings. The molecule has 2 aromatic carbocycles. The highest BCUT2D eigenvalue weighted by Gasteiger charge is 2.24. The van der Waals surface area contributed by atoms with Crippen LogP contribution in [0.25, 0.3) is 11.0 Å². The van der Waals surface area contributed by atoms with Crippen LogP contribution in [-0.4, -0.2) is 33.3 Å². The average Bonchev–Trinajstić information content (AvgIpc) is 3.07. The van der Waals surface area contributed by atoms with Crippen molar-refractivity contribution in [1.82, 2.24) is 25.7 Å². The number of nitrogens with one attached hydrogen (secondary N) is 3. The minimum atomic E-state index is -0.779. The number of hydrogen-bond donors (Lipinski definition) is 3. The monoisotopic (exact) mass is 435 g/mol. The van der Waals surface area contributed by atoms with Crippen LogP contribution in [0.15, 0.2) is 48.5 Å². The van der Waals surface area contributed by atoms with Crippen LogP contribution in [0.1, 0.15) is 42.0 Å². The Hall–Kier alpha value is -3.68. The number of amides is 3. The van der Waals surface area contributed by atoms with Crippen LogP contribution < -0.4 is 16.2 Å². The van der Waals surface area contributed by atoms with E-state index >= 15 is 0 Å². The van der Waals surface area contributed by atoms with E-state index in [9.17, 15) is 14.4 Å². The van der Waals surface area contributed by atoms with Crippen LogP contribution in [0.2, 0.25) is 0 Å². The van der Waals surface area contributed by atoms with Crippen LogP contribution in [0.4, 0.5) is 0 Å². The summed E-state index contributed by atoms with van der Waals surface area (Å²) in [6.07, 6.45) is 0.444. The first-order chi connectivity index (χ1) is 15.3. The minimum Gasteiger partial charge on any atom is -0.340 e. The maximum atomic E-state index is 12.7. The van der Waals surface area contributed by atoms with Gasteiger partial charge in [-0.3, -0.25) is 25.2 Å². The van der Waals surface area contributed by atoms with E-state index in [1.165, 1.54) is 0 Å². The van der Waals surface area contributed by atoms with Crippen molar-refractivity contribution in [1.29, 1.82) is 0 Å². The van der Waals surface area contributed by atoms with Crippen molar-refractivity contribution in [3.8, 4) is 0 Å². The van der Waals surface area contributed by atoms with E-state index in [2.05, 4.69) is 21.2 Å². The Morgan fingerprint density at radius 1 is 1.00 bits per heavy atom. The highest BCUT2D eigenvalue weighted by atomic mass is 16.2. The first-order valence-electron chi connectivity index (χ1n) is 10.6. The number of hydrogen-bond acceptors (Lipinski definition) is 4. The minimum absolute atomic E-state index is 0.00980. The number of benzene rings is 2. The van der Waals surface area contributed by atoms with Gasteiger partial charge in [-0.2, -0.15) is 0 Å². The van der Waals surface area contributed by atoms with Gasteiger partial charge in [-0.15, -0.1) is 0 Å². The fraction of sp³-hybridized carbons (Fsp3) is 0.333. The topological polar surface area (TPSA) is 105 Å². The van der Waals surface area contributed by atoms with Gasteiger partial charge in [0.1, 0.15) is 11.9 Å². The molecule has 3 rings (SSSR count). The number of rotatable bonds is 7. The van der Waals surface area contributed by atoms with E-state index in [1.807, 2.05) is 68.8 Å². The van der Waals surface area contributed by atoms with Crippen molar-refractivity contribution >= 4 is 28.8 Å². The van der Waals surface area contributed by atoms with Crippen molar-refractivity contribution in [3.63, 3.8) is 0 Å². The number of nitrogens with zero attached hydrogens (tertiary/aromatic N) is 2. The standard InChI is InChI=1S/C24H29N5O3/c1-15(2)13-19(26-23(31)17-10-6-5-9-16(17)3)24(32)28-27-22(30)14-21-25-18-11-7-8-12-20(18)29(21)4/h5-12,15,19H,13-14H2,1-4H3,(H,26,31)(H,27,30)(H,28,32). The summed E-state index contributed by atoms with van der Waals surface area (Å²) >= 11 is 0. The van der Waals surface area contributed by atoms with Gasteiger partial charge in [0.05, 0.1) is 17.5 Å². The molecule has 32 heavy (non-hydrogen) atoms. The molecule has 0 saturated heterocycles. The summed E-state index contributed by atoms with van der Waals surface area (Å²) in [5, 5.41) is 2.79. The van der Waals surface area contributed by atoms with E-state index in [-0.39, 0.29) is 18.2 Å². The molecule has 0 radical (unpaired) electrons. The van der Waals surface area contributed by atoms with Gasteiger partial charge in [-0.1, -0.05) is 44.2 Å². The molecule has 3 aromatic rings. The predicted octanol–water partition coefficient (Wildman–Crippen LogP) is 2.42. The van der Waals surface area contributed by atoms with Crippen LogP contribution >= 0.6 is 0 Å². The van der Waals surface area contributed by atoms with Gasteiger partial charge in [0.15, 0.2) is 0 Å². The second kappa shape index (κ2) is 10.1. The largest absolute Gasteiger partial charge is 0.340 e. The molecule has 3 N–H and O–H groups in total. The molecule has 1 atom stereocenters. The van der Waals surface area contributed by atoms with Gasteiger partial charge in [0.2, 0.25) is 5.91 Å². The summed E-state index contributed by atoms with van der Waals surface area (Å²) in [5.74, 6) is -0.442. The number of aromatic nitrogens is 2. The lowest BCUT2D eigenvalue weighted by Crippen LogP contribution is -2.53. The molecule has 0 spiro atoms. The van der Waals surface area contributed by atoms with Gasteiger partial charge >= 0.3 is 0 Å². The second-order valence-corrected chi connectivity index (χ2v) is 8.26. The first-order valence-corrected chi connectivity index (χ1v) is 10.6. The number of carbonyl (C=O) groups excluding carboxylic acids is 3. The van der Waals surface area contributed by atoms with Crippen molar-refractivity contribution in [2.24, 2.45) is 13.0 Å². The zero-order valence-corrected chi connectivity index (χ0v) is 18.8. The van der Waals surface area contributed by atoms with E-state index in [0.29, 0.717) is 17.8 Å². The molecule has 168 valence electrons. The van der Waals surface area contributed by atoms with Crippen molar-refractivity contribution < 1.29 is 14.4 Å². The predicted molar refractivity (Wildman–Crippen MR) is 123 cm³/mol. The molecule has 8 nitrogen and oxygen atoms in total. The molecule has 8 heteroatoms. The van der Waals surface area contributed by atoms with Crippen LogP contribution in [-0.2, 0) is 23.1 Å². The third-order valence-corrected chi connectivity index (χ3v) is 5.24. The van der Waals surface area contributed by atoms with E-state index < -0.39 is 17.9 Å². The van der Waals surface area contributed by atoms with Crippen molar-refractivity contribution in [2.75, 3.05) is 0 Å². The van der Waals surface area contributed by atoms with Gasteiger partial charge < -0.3 is 9.88 Å². The van der Waals surface area contributed by atoms with Crippen molar-refractivity contribution in [3.05, 3.63) is 65.5 Å². The zero-order valence-electron chi connectivity index (χ0n) is 18.8. The molecule has 0 fully saturated rings. The third kappa shape index (κ3) is 5.51. The number of aryl methyl sites for hydroxylation is 2. The number of fused-ring (bicyclic) bond motifs is 1. The number of carbonyl (C=O) groups is 3. The van der Waals surface area contributed by atoms with E-state index in [4.69, 9.17) is 0 Å². The SMILES string of the molecule is Cc1ccccc1C(=O)NC(CC(C)C)C(=O)NNC(=O)Cc1nc2ccccc2n1C. The smallest absolute Gasteiger partial charge is 0.260 e. The highest BCUT2D eigenvalue weighted by Crippen LogP contribution is 2.14. The summed E-state index contributed by atoms with van der Waals surface area (Å²) in [7, 11) is 1.84. The van der Waals surface area contributed by atoms with Gasteiger partial charge in [-0.25, -0.2) is 4.98 Å². The maximum absolute atomic E-state index is 12.7. The molecule has 0 aliphatic heterocycles. The zero-order chi connectivity index (χ0) is 23.3. The van der Waals surface area contributed by atoms with Gasteiger partial charge in [0.25, 0.3) is 11.8 Å². The Bertz CT molecular complexity index is 1140. The fourth-order valence-electron chi connectivity index (χ4n) is 3.53. The summed E-state index contributed by atoms with van der Waals surface area (Å²) in [4.78, 5) is 42.3.